The van der Waals surface area contributed by atoms with Gasteiger partial charge >= 0.3 is 12.0 Å². The van der Waals surface area contributed by atoms with Gasteiger partial charge in [-0.1, -0.05) is 0 Å². The summed E-state index contributed by atoms with van der Waals surface area (Å²) in [5.74, 6) is -0.346. The van der Waals surface area contributed by atoms with Crippen molar-refractivity contribution in [3.05, 3.63) is 34.5 Å². The molecule has 1 aliphatic rings. The second-order valence-electron chi connectivity index (χ2n) is 5.79. The second-order valence-corrected chi connectivity index (χ2v) is 6.73. The van der Waals surface area contributed by atoms with Crippen LogP contribution in [-0.4, -0.2) is 69.7 Å². The summed E-state index contributed by atoms with van der Waals surface area (Å²) in [6.45, 7) is 3.20. The molecule has 2 aromatic heterocycles. The quantitative estimate of drug-likeness (QED) is 0.803. The second kappa shape index (κ2) is 8.56. The van der Waals surface area contributed by atoms with Crippen molar-refractivity contribution in [1.29, 1.82) is 0 Å². The van der Waals surface area contributed by atoms with Crippen molar-refractivity contribution in [3.63, 3.8) is 0 Å². The Balaban J connectivity index is 1.45. The third-order valence-corrected chi connectivity index (χ3v) is 4.91. The number of anilines is 1. The molecule has 3 heterocycles. The largest absolute Gasteiger partial charge is 0.476 e. The molecule has 0 spiro atoms. The minimum atomic E-state index is -1.03. The Morgan fingerprint density at radius 1 is 1.19 bits per heavy atom. The van der Waals surface area contributed by atoms with E-state index in [4.69, 9.17) is 5.11 Å². The number of urea groups is 1. The number of carbonyl (C=O) groups is 2. The highest BCUT2D eigenvalue weighted by Crippen LogP contribution is 2.11. The topological polar surface area (TPSA) is 112 Å². The number of aromatic nitrogens is 3. The summed E-state index contributed by atoms with van der Waals surface area (Å²) in [4.78, 5) is 39.6. The van der Waals surface area contributed by atoms with Crippen LogP contribution in [0.5, 0.6) is 0 Å². The SMILES string of the molecule is O=C(O)c1csc(CCNC(=O)N2CCCN(c3ncccn3)CC2)n1. The standard InChI is InChI=1S/C16H20N6O3S/c23-14(24)12-11-26-13(20-12)3-6-19-16(25)22-8-2-7-21(9-10-22)15-17-4-1-5-18-15/h1,4-5,11H,2-3,6-10H2,(H,19,25)(H,23,24). The van der Waals surface area contributed by atoms with Gasteiger partial charge in [0.1, 0.15) is 0 Å². The van der Waals surface area contributed by atoms with Gasteiger partial charge in [0.25, 0.3) is 0 Å². The van der Waals surface area contributed by atoms with Crippen molar-refractivity contribution < 1.29 is 14.7 Å². The predicted octanol–water partition coefficient (Wildman–Crippen LogP) is 1.10. The Morgan fingerprint density at radius 3 is 2.73 bits per heavy atom. The number of nitrogens with one attached hydrogen (secondary N) is 1. The molecule has 3 rings (SSSR count). The van der Waals surface area contributed by atoms with E-state index in [1.54, 1.807) is 23.4 Å². The normalized spacial score (nSPS) is 14.8. The van der Waals surface area contributed by atoms with Crippen molar-refractivity contribution in [3.8, 4) is 0 Å². The summed E-state index contributed by atoms with van der Waals surface area (Å²) in [7, 11) is 0. The Morgan fingerprint density at radius 2 is 2.00 bits per heavy atom. The lowest BCUT2D eigenvalue weighted by Gasteiger charge is -2.22. The lowest BCUT2D eigenvalue weighted by atomic mass is 10.4. The van der Waals surface area contributed by atoms with E-state index in [1.165, 1.54) is 16.7 Å². The molecule has 2 N–H and O–H groups in total. The van der Waals surface area contributed by atoms with E-state index in [9.17, 15) is 9.59 Å². The molecule has 1 aliphatic heterocycles. The van der Waals surface area contributed by atoms with Crippen molar-refractivity contribution in [2.24, 2.45) is 0 Å². The van der Waals surface area contributed by atoms with Gasteiger partial charge in [0, 0.05) is 56.9 Å². The molecule has 0 unspecified atom stereocenters. The minimum Gasteiger partial charge on any atom is -0.476 e. The maximum atomic E-state index is 12.4. The summed E-state index contributed by atoms with van der Waals surface area (Å²) >= 11 is 1.29. The number of thiazole rings is 1. The van der Waals surface area contributed by atoms with Crippen LogP contribution in [0.2, 0.25) is 0 Å². The number of amides is 2. The van der Waals surface area contributed by atoms with Crippen LogP contribution in [0.4, 0.5) is 10.7 Å². The van der Waals surface area contributed by atoms with Crippen LogP contribution in [0.15, 0.2) is 23.8 Å². The van der Waals surface area contributed by atoms with Gasteiger partial charge in [-0.25, -0.2) is 24.5 Å². The van der Waals surface area contributed by atoms with Crippen molar-refractivity contribution in [1.82, 2.24) is 25.2 Å². The maximum absolute atomic E-state index is 12.4. The number of nitrogens with zero attached hydrogens (tertiary/aromatic N) is 5. The molecule has 26 heavy (non-hydrogen) atoms. The first-order valence-corrected chi connectivity index (χ1v) is 9.24. The molecular weight excluding hydrogens is 356 g/mol. The fourth-order valence-corrected chi connectivity index (χ4v) is 3.46. The molecule has 0 saturated carbocycles. The molecule has 0 aromatic carbocycles. The lowest BCUT2D eigenvalue weighted by Crippen LogP contribution is -2.42. The number of carboxylic acids is 1. The Bertz CT molecular complexity index is 753. The third kappa shape index (κ3) is 4.66. The van der Waals surface area contributed by atoms with Crippen LogP contribution >= 0.6 is 11.3 Å². The highest BCUT2D eigenvalue weighted by Gasteiger charge is 2.20. The minimum absolute atomic E-state index is 0.0482. The molecule has 0 aliphatic carbocycles. The van der Waals surface area contributed by atoms with Gasteiger partial charge in [0.2, 0.25) is 5.95 Å². The number of hydrogen-bond donors (Lipinski definition) is 2. The van der Waals surface area contributed by atoms with E-state index in [1.807, 2.05) is 0 Å². The Hall–Kier alpha value is -2.75. The molecular formula is C16H20N6O3S. The van der Waals surface area contributed by atoms with Crippen molar-refractivity contribution in [2.75, 3.05) is 37.6 Å². The van der Waals surface area contributed by atoms with E-state index in [0.29, 0.717) is 43.6 Å². The summed E-state index contributed by atoms with van der Waals surface area (Å²) in [6, 6.07) is 1.67. The smallest absolute Gasteiger partial charge is 0.355 e. The van der Waals surface area contributed by atoms with Gasteiger partial charge in [-0.05, 0) is 12.5 Å². The molecule has 0 bridgehead atoms. The number of carboxylic acid groups (broad SMARTS) is 1. The zero-order valence-corrected chi connectivity index (χ0v) is 15.0. The first-order valence-electron chi connectivity index (χ1n) is 8.36. The van der Waals surface area contributed by atoms with Crippen molar-refractivity contribution >= 4 is 29.3 Å². The zero-order valence-electron chi connectivity index (χ0n) is 14.2. The molecule has 0 atom stereocenters. The molecule has 1 saturated heterocycles. The van der Waals surface area contributed by atoms with Gasteiger partial charge in [0.05, 0.1) is 5.01 Å². The summed E-state index contributed by atoms with van der Waals surface area (Å²) in [6.07, 6.45) is 4.79. The molecule has 10 heteroatoms. The fourth-order valence-electron chi connectivity index (χ4n) is 2.69. The number of aromatic carboxylic acids is 1. The average molecular weight is 376 g/mol. The van der Waals surface area contributed by atoms with Crippen LogP contribution in [0.25, 0.3) is 0 Å². The summed E-state index contributed by atoms with van der Waals surface area (Å²) in [5.41, 5.74) is 0.0482. The number of hydrogen-bond acceptors (Lipinski definition) is 7. The molecule has 2 aromatic rings. The van der Waals surface area contributed by atoms with Gasteiger partial charge in [-0.15, -0.1) is 11.3 Å². The van der Waals surface area contributed by atoms with Gasteiger partial charge in [-0.3, -0.25) is 0 Å². The van der Waals surface area contributed by atoms with Gasteiger partial charge in [-0.2, -0.15) is 0 Å². The van der Waals surface area contributed by atoms with E-state index < -0.39 is 5.97 Å². The predicted molar refractivity (Wildman–Crippen MR) is 96.6 cm³/mol. The van der Waals surface area contributed by atoms with Crippen LogP contribution in [-0.2, 0) is 6.42 Å². The molecule has 138 valence electrons. The van der Waals surface area contributed by atoms with E-state index in [2.05, 4.69) is 25.2 Å². The molecule has 0 radical (unpaired) electrons. The fraction of sp³-hybridized carbons (Fsp3) is 0.438. The van der Waals surface area contributed by atoms with Crippen LogP contribution < -0.4 is 10.2 Å². The van der Waals surface area contributed by atoms with Crippen LogP contribution in [0.3, 0.4) is 0 Å². The van der Waals surface area contributed by atoms with Gasteiger partial charge < -0.3 is 20.2 Å². The van der Waals surface area contributed by atoms with Crippen LogP contribution in [0, 0.1) is 0 Å². The van der Waals surface area contributed by atoms with Crippen LogP contribution in [0.1, 0.15) is 21.9 Å². The molecule has 9 nitrogen and oxygen atoms in total. The lowest BCUT2D eigenvalue weighted by molar-refractivity contribution is 0.0691. The highest BCUT2D eigenvalue weighted by molar-refractivity contribution is 7.09. The number of carbonyl (C=O) groups excluding carboxylic acids is 1. The first kappa shape index (κ1) is 18.1. The number of rotatable bonds is 5. The monoisotopic (exact) mass is 376 g/mol. The summed E-state index contributed by atoms with van der Waals surface area (Å²) in [5, 5.41) is 14.0. The Kier molecular flexibility index (Phi) is 5.95. The molecule has 1 fully saturated rings. The highest BCUT2D eigenvalue weighted by atomic mass is 32.1. The van der Waals surface area contributed by atoms with E-state index in [-0.39, 0.29) is 11.7 Å². The average Bonchev–Trinajstić information content (AvgIpc) is 2.98. The summed E-state index contributed by atoms with van der Waals surface area (Å²) < 4.78 is 0. The first-order chi connectivity index (χ1) is 12.6. The van der Waals surface area contributed by atoms with Gasteiger partial charge in [0.15, 0.2) is 5.69 Å². The Labute approximate surface area is 154 Å². The maximum Gasteiger partial charge on any atom is 0.355 e. The molecule has 2 amide bonds. The van der Waals surface area contributed by atoms with E-state index in [0.717, 1.165) is 13.0 Å². The third-order valence-electron chi connectivity index (χ3n) is 4.00. The zero-order chi connectivity index (χ0) is 18.4. The van der Waals surface area contributed by atoms with Crippen molar-refractivity contribution in [2.45, 2.75) is 12.8 Å². The van der Waals surface area contributed by atoms with E-state index >= 15 is 0 Å².